The van der Waals surface area contributed by atoms with Crippen LogP contribution in [0.3, 0.4) is 0 Å². The number of nitrogens with zero attached hydrogens (tertiary/aromatic N) is 4. The van der Waals surface area contributed by atoms with Crippen LogP contribution < -0.4 is 0 Å². The highest BCUT2D eigenvalue weighted by molar-refractivity contribution is 5.66. The first-order chi connectivity index (χ1) is 12.4. The van der Waals surface area contributed by atoms with Gasteiger partial charge in [-0.05, 0) is 31.9 Å². The summed E-state index contributed by atoms with van der Waals surface area (Å²) in [5.41, 5.74) is 4.57. The van der Waals surface area contributed by atoms with Crippen molar-refractivity contribution in [1.82, 2.24) is 19.9 Å². The van der Waals surface area contributed by atoms with E-state index in [0.29, 0.717) is 12.6 Å². The molecule has 3 rings (SSSR count). The van der Waals surface area contributed by atoms with Crippen LogP contribution in [0.2, 0.25) is 0 Å². The minimum Gasteiger partial charge on any atom is -0.480 e. The standard InChI is InChI=1S/C19H26N4O3/c1-13-4-5-14(2)17(8-13)18-10-22(15(3)12-26-18)7-6-16-9-23(21-20-16)11-19(24)25/h4-5,8-9,15,18H,6-7,10-12H2,1-3H3,(H,24,25). The molecule has 140 valence electrons. The average molecular weight is 358 g/mol. The Labute approximate surface area is 153 Å². The number of carbonyl (C=O) groups is 1. The molecule has 1 aromatic carbocycles. The summed E-state index contributed by atoms with van der Waals surface area (Å²) in [4.78, 5) is 13.1. The summed E-state index contributed by atoms with van der Waals surface area (Å²) >= 11 is 0. The highest BCUT2D eigenvalue weighted by Crippen LogP contribution is 2.28. The largest absolute Gasteiger partial charge is 0.480 e. The maximum absolute atomic E-state index is 10.7. The molecule has 0 bridgehead atoms. The Balaban J connectivity index is 1.62. The van der Waals surface area contributed by atoms with Crippen molar-refractivity contribution in [1.29, 1.82) is 0 Å². The van der Waals surface area contributed by atoms with Crippen LogP contribution >= 0.6 is 0 Å². The zero-order valence-electron chi connectivity index (χ0n) is 15.6. The molecule has 0 amide bonds. The molecule has 1 N–H and O–H groups in total. The third-order valence-corrected chi connectivity index (χ3v) is 4.88. The Morgan fingerprint density at radius 1 is 1.38 bits per heavy atom. The van der Waals surface area contributed by atoms with Gasteiger partial charge in [-0.3, -0.25) is 9.69 Å². The monoisotopic (exact) mass is 358 g/mol. The molecule has 1 aliphatic rings. The number of hydrogen-bond donors (Lipinski definition) is 1. The van der Waals surface area contributed by atoms with Crippen molar-refractivity contribution in [2.45, 2.75) is 45.9 Å². The second-order valence-corrected chi connectivity index (χ2v) is 7.08. The SMILES string of the molecule is Cc1ccc(C)c(C2CN(CCc3cn(CC(=O)O)nn3)C(C)CO2)c1. The van der Waals surface area contributed by atoms with Gasteiger partial charge < -0.3 is 9.84 Å². The van der Waals surface area contributed by atoms with Gasteiger partial charge in [-0.1, -0.05) is 29.0 Å². The molecule has 7 nitrogen and oxygen atoms in total. The van der Waals surface area contributed by atoms with Crippen LogP contribution in [0.25, 0.3) is 0 Å². The molecule has 2 atom stereocenters. The maximum Gasteiger partial charge on any atom is 0.325 e. The fraction of sp³-hybridized carbons (Fsp3) is 0.526. The third-order valence-electron chi connectivity index (χ3n) is 4.88. The normalized spacial score (nSPS) is 21.0. The molecule has 26 heavy (non-hydrogen) atoms. The lowest BCUT2D eigenvalue weighted by Gasteiger charge is -2.38. The van der Waals surface area contributed by atoms with Crippen LogP contribution in [-0.2, 0) is 22.5 Å². The summed E-state index contributed by atoms with van der Waals surface area (Å²) in [6.07, 6.45) is 2.53. The summed E-state index contributed by atoms with van der Waals surface area (Å²) < 4.78 is 7.46. The molecule has 1 aromatic heterocycles. The number of rotatable bonds is 6. The van der Waals surface area contributed by atoms with Gasteiger partial charge >= 0.3 is 5.97 Å². The zero-order chi connectivity index (χ0) is 18.7. The van der Waals surface area contributed by atoms with E-state index in [4.69, 9.17) is 9.84 Å². The zero-order valence-corrected chi connectivity index (χ0v) is 15.6. The van der Waals surface area contributed by atoms with Crippen molar-refractivity contribution < 1.29 is 14.6 Å². The van der Waals surface area contributed by atoms with E-state index in [1.165, 1.54) is 21.4 Å². The highest BCUT2D eigenvalue weighted by atomic mass is 16.5. The molecule has 7 heteroatoms. The number of carboxylic acids is 1. The highest BCUT2D eigenvalue weighted by Gasteiger charge is 2.28. The summed E-state index contributed by atoms with van der Waals surface area (Å²) in [6, 6.07) is 6.83. The second kappa shape index (κ2) is 7.97. The lowest BCUT2D eigenvalue weighted by Crippen LogP contribution is -2.46. The lowest BCUT2D eigenvalue weighted by atomic mass is 9.98. The van der Waals surface area contributed by atoms with Gasteiger partial charge in [-0.2, -0.15) is 0 Å². The van der Waals surface area contributed by atoms with Gasteiger partial charge in [0.1, 0.15) is 6.54 Å². The van der Waals surface area contributed by atoms with E-state index in [0.717, 1.165) is 25.2 Å². The molecule has 2 aromatic rings. The number of aromatic nitrogens is 3. The van der Waals surface area contributed by atoms with Gasteiger partial charge in [0.2, 0.25) is 0 Å². The van der Waals surface area contributed by atoms with Crippen molar-refractivity contribution in [3.8, 4) is 0 Å². The molecule has 0 spiro atoms. The van der Waals surface area contributed by atoms with E-state index < -0.39 is 5.97 Å². The summed E-state index contributed by atoms with van der Waals surface area (Å²) in [5, 5.41) is 16.8. The molecule has 0 aliphatic carbocycles. The first-order valence-corrected chi connectivity index (χ1v) is 8.96. The van der Waals surface area contributed by atoms with Crippen LogP contribution in [0.15, 0.2) is 24.4 Å². The maximum atomic E-state index is 10.7. The van der Waals surface area contributed by atoms with Gasteiger partial charge in [0.15, 0.2) is 0 Å². The molecule has 0 saturated carbocycles. The van der Waals surface area contributed by atoms with Crippen LogP contribution in [-0.4, -0.2) is 56.7 Å². The number of hydrogen-bond acceptors (Lipinski definition) is 5. The van der Waals surface area contributed by atoms with Crippen molar-refractivity contribution in [3.05, 3.63) is 46.8 Å². The van der Waals surface area contributed by atoms with Crippen LogP contribution in [0.1, 0.15) is 35.4 Å². The van der Waals surface area contributed by atoms with Gasteiger partial charge in [0.25, 0.3) is 0 Å². The van der Waals surface area contributed by atoms with Gasteiger partial charge in [-0.25, -0.2) is 4.68 Å². The van der Waals surface area contributed by atoms with Crippen molar-refractivity contribution in [3.63, 3.8) is 0 Å². The molecule has 2 unspecified atom stereocenters. The van der Waals surface area contributed by atoms with E-state index in [1.54, 1.807) is 6.20 Å². The van der Waals surface area contributed by atoms with Crippen LogP contribution in [0.4, 0.5) is 0 Å². The van der Waals surface area contributed by atoms with Crippen molar-refractivity contribution >= 4 is 5.97 Å². The van der Waals surface area contributed by atoms with Crippen molar-refractivity contribution in [2.24, 2.45) is 0 Å². The first-order valence-electron chi connectivity index (χ1n) is 8.96. The quantitative estimate of drug-likeness (QED) is 0.850. The molecule has 1 fully saturated rings. The number of benzene rings is 1. The van der Waals surface area contributed by atoms with Crippen LogP contribution in [0.5, 0.6) is 0 Å². The Morgan fingerprint density at radius 3 is 2.96 bits per heavy atom. The summed E-state index contributed by atoms with van der Waals surface area (Å²) in [5.74, 6) is -0.917. The predicted octanol–water partition coefficient (Wildman–Crippen LogP) is 1.98. The minimum absolute atomic E-state index is 0.0776. The van der Waals surface area contributed by atoms with Gasteiger partial charge in [-0.15, -0.1) is 5.10 Å². The Bertz CT molecular complexity index is 774. The summed E-state index contributed by atoms with van der Waals surface area (Å²) in [7, 11) is 0. The predicted molar refractivity (Wildman–Crippen MR) is 97.0 cm³/mol. The van der Waals surface area contributed by atoms with Crippen molar-refractivity contribution in [2.75, 3.05) is 19.7 Å². The lowest BCUT2D eigenvalue weighted by molar-refractivity contribution is -0.137. The number of morpholine rings is 1. The molecular formula is C19H26N4O3. The Morgan fingerprint density at radius 2 is 2.19 bits per heavy atom. The van der Waals surface area contributed by atoms with E-state index in [9.17, 15) is 4.79 Å². The molecule has 0 radical (unpaired) electrons. The van der Waals surface area contributed by atoms with Gasteiger partial charge in [0, 0.05) is 31.7 Å². The third kappa shape index (κ3) is 4.47. The molecule has 2 heterocycles. The fourth-order valence-corrected chi connectivity index (χ4v) is 3.34. The smallest absolute Gasteiger partial charge is 0.325 e. The fourth-order valence-electron chi connectivity index (χ4n) is 3.34. The minimum atomic E-state index is -0.917. The number of aliphatic carboxylic acids is 1. The number of ether oxygens (including phenoxy) is 1. The van der Waals surface area contributed by atoms with E-state index in [-0.39, 0.29) is 12.6 Å². The number of aryl methyl sites for hydroxylation is 2. The van der Waals surface area contributed by atoms with E-state index in [1.807, 2.05) is 0 Å². The first kappa shape index (κ1) is 18.5. The summed E-state index contributed by atoms with van der Waals surface area (Å²) in [6.45, 7) is 8.63. The Hall–Kier alpha value is -2.25. The van der Waals surface area contributed by atoms with Crippen LogP contribution in [0, 0.1) is 13.8 Å². The van der Waals surface area contributed by atoms with E-state index >= 15 is 0 Å². The van der Waals surface area contributed by atoms with E-state index in [2.05, 4.69) is 54.2 Å². The number of carboxylic acid groups (broad SMARTS) is 1. The van der Waals surface area contributed by atoms with Gasteiger partial charge in [0.05, 0.1) is 18.4 Å². The molecule has 1 saturated heterocycles. The molecular weight excluding hydrogens is 332 g/mol. The second-order valence-electron chi connectivity index (χ2n) is 7.08. The average Bonchev–Trinajstić information content (AvgIpc) is 3.03. The Kier molecular flexibility index (Phi) is 5.68. The topological polar surface area (TPSA) is 80.5 Å². The molecule has 1 aliphatic heterocycles.